The van der Waals surface area contributed by atoms with Gasteiger partial charge in [-0.15, -0.1) is 0 Å². The molecule has 2 N–H and O–H groups in total. The number of halogens is 1. The van der Waals surface area contributed by atoms with Gasteiger partial charge in [0.25, 0.3) is 0 Å². The van der Waals surface area contributed by atoms with Crippen molar-refractivity contribution in [3.63, 3.8) is 0 Å². The van der Waals surface area contributed by atoms with E-state index in [1.165, 1.54) is 0 Å². The molecule has 2 saturated heterocycles. The molecule has 2 amide bonds. The van der Waals surface area contributed by atoms with E-state index < -0.39 is 11.4 Å². The van der Waals surface area contributed by atoms with Crippen LogP contribution in [0.5, 0.6) is 0 Å². The number of nitrogens with one attached hydrogen (secondary N) is 1. The van der Waals surface area contributed by atoms with Crippen molar-refractivity contribution in [1.82, 2.24) is 9.80 Å². The van der Waals surface area contributed by atoms with Crippen LogP contribution in [0.15, 0.2) is 18.2 Å². The molecule has 1 aromatic rings. The third-order valence-electron chi connectivity index (χ3n) is 5.64. The van der Waals surface area contributed by atoms with Crippen LogP contribution in [0.1, 0.15) is 20.3 Å². The highest BCUT2D eigenvalue weighted by atomic mass is 35.5. The molecule has 0 bridgehead atoms. The van der Waals surface area contributed by atoms with Gasteiger partial charge in [-0.1, -0.05) is 18.5 Å². The fourth-order valence-electron chi connectivity index (χ4n) is 3.69. The lowest BCUT2D eigenvalue weighted by Gasteiger charge is -2.36. The Labute approximate surface area is 164 Å². The van der Waals surface area contributed by atoms with Crippen molar-refractivity contribution in [3.8, 4) is 0 Å². The second-order valence-corrected chi connectivity index (χ2v) is 7.99. The van der Waals surface area contributed by atoms with Gasteiger partial charge >= 0.3 is 12.0 Å². The molecule has 2 aliphatic heterocycles. The zero-order valence-electron chi connectivity index (χ0n) is 15.9. The first-order valence-corrected chi connectivity index (χ1v) is 9.76. The Morgan fingerprint density at radius 2 is 1.93 bits per heavy atom. The van der Waals surface area contributed by atoms with E-state index in [9.17, 15) is 14.7 Å². The van der Waals surface area contributed by atoms with Gasteiger partial charge in [-0.25, -0.2) is 4.79 Å². The topological polar surface area (TPSA) is 76.1 Å². The maximum absolute atomic E-state index is 12.7. The van der Waals surface area contributed by atoms with Crippen LogP contribution in [0, 0.1) is 5.41 Å². The van der Waals surface area contributed by atoms with Gasteiger partial charge in [0.2, 0.25) is 0 Å². The van der Waals surface area contributed by atoms with Crippen LogP contribution in [0.3, 0.4) is 0 Å². The first kappa shape index (κ1) is 19.8. The Hall–Kier alpha value is -1.99. The molecule has 0 aromatic heterocycles. The molecular formula is C19H27ClN4O3. The molecule has 2 heterocycles. The summed E-state index contributed by atoms with van der Waals surface area (Å²) in [5.74, 6) is -0.866. The average Bonchev–Trinajstić information content (AvgIpc) is 3.06. The summed E-state index contributed by atoms with van der Waals surface area (Å²) in [5, 5.41) is 12.9. The summed E-state index contributed by atoms with van der Waals surface area (Å²) in [6.07, 6.45) is 0.455. The number of carbonyl (C=O) groups is 2. The van der Waals surface area contributed by atoms with Crippen molar-refractivity contribution in [2.45, 2.75) is 20.3 Å². The van der Waals surface area contributed by atoms with Crippen LogP contribution in [0.25, 0.3) is 0 Å². The molecule has 7 nitrogen and oxygen atoms in total. The number of nitrogens with zero attached hydrogens (tertiary/aromatic N) is 3. The highest BCUT2D eigenvalue weighted by molar-refractivity contribution is 6.31. The van der Waals surface area contributed by atoms with Gasteiger partial charge in [-0.05, 0) is 38.1 Å². The van der Waals surface area contributed by atoms with Crippen LogP contribution in [-0.4, -0.2) is 72.7 Å². The van der Waals surface area contributed by atoms with E-state index in [-0.39, 0.29) is 12.6 Å². The molecule has 0 spiro atoms. The fourth-order valence-corrected chi connectivity index (χ4v) is 3.86. The quantitative estimate of drug-likeness (QED) is 0.821. The Bertz CT molecular complexity index is 721. The van der Waals surface area contributed by atoms with Crippen molar-refractivity contribution >= 4 is 35.0 Å². The predicted molar refractivity (Wildman–Crippen MR) is 107 cm³/mol. The maximum Gasteiger partial charge on any atom is 0.321 e. The van der Waals surface area contributed by atoms with Crippen LogP contribution >= 0.6 is 11.6 Å². The minimum Gasteiger partial charge on any atom is -0.481 e. The van der Waals surface area contributed by atoms with Gasteiger partial charge < -0.3 is 25.1 Å². The van der Waals surface area contributed by atoms with Gasteiger partial charge in [-0.2, -0.15) is 0 Å². The van der Waals surface area contributed by atoms with Gasteiger partial charge in [0.1, 0.15) is 0 Å². The number of likely N-dealkylation sites (tertiary alicyclic amines) is 1. The van der Waals surface area contributed by atoms with E-state index in [4.69, 9.17) is 11.6 Å². The second-order valence-electron chi connectivity index (χ2n) is 7.55. The molecule has 8 heteroatoms. The SMILES string of the molecule is CCN1CCN(c2ccc(Cl)cc2NC(=O)N2CCC(C)(C(=O)O)C2)CC1. The third-order valence-corrected chi connectivity index (χ3v) is 5.87. The summed E-state index contributed by atoms with van der Waals surface area (Å²) in [7, 11) is 0. The van der Waals surface area contributed by atoms with Crippen molar-refractivity contribution in [2.24, 2.45) is 5.41 Å². The number of carboxylic acids is 1. The number of benzene rings is 1. The fraction of sp³-hybridized carbons (Fsp3) is 0.579. The van der Waals surface area contributed by atoms with Crippen molar-refractivity contribution in [2.75, 3.05) is 56.0 Å². The summed E-state index contributed by atoms with van der Waals surface area (Å²) < 4.78 is 0. The molecule has 27 heavy (non-hydrogen) atoms. The van der Waals surface area contributed by atoms with Gasteiger partial charge in [0.15, 0.2) is 0 Å². The van der Waals surface area contributed by atoms with Crippen LogP contribution < -0.4 is 10.2 Å². The highest BCUT2D eigenvalue weighted by Gasteiger charge is 2.42. The minimum atomic E-state index is -0.884. The monoisotopic (exact) mass is 394 g/mol. The van der Waals surface area contributed by atoms with Gasteiger partial charge in [0, 0.05) is 44.3 Å². The second kappa shape index (κ2) is 7.94. The number of hydrogen-bond donors (Lipinski definition) is 2. The summed E-state index contributed by atoms with van der Waals surface area (Å²) in [6, 6.07) is 5.24. The lowest BCUT2D eigenvalue weighted by molar-refractivity contribution is -0.146. The molecule has 3 rings (SSSR count). The number of urea groups is 1. The summed E-state index contributed by atoms with van der Waals surface area (Å²) in [4.78, 5) is 30.3. The number of rotatable bonds is 4. The minimum absolute atomic E-state index is 0.208. The van der Waals surface area contributed by atoms with Gasteiger partial charge in [-0.3, -0.25) is 4.79 Å². The number of anilines is 2. The molecule has 2 fully saturated rings. The predicted octanol–water partition coefficient (Wildman–Crippen LogP) is 2.81. The van der Waals surface area contributed by atoms with E-state index in [0.717, 1.165) is 38.4 Å². The molecule has 0 saturated carbocycles. The Balaban J connectivity index is 1.72. The van der Waals surface area contributed by atoms with Crippen molar-refractivity contribution in [3.05, 3.63) is 23.2 Å². The van der Waals surface area contributed by atoms with E-state index >= 15 is 0 Å². The molecule has 1 aromatic carbocycles. The van der Waals surface area contributed by atoms with Crippen LogP contribution in [0.2, 0.25) is 5.02 Å². The summed E-state index contributed by atoms with van der Waals surface area (Å²) >= 11 is 6.16. The molecule has 2 aliphatic rings. The molecule has 1 unspecified atom stereocenters. The van der Waals surface area contributed by atoms with Crippen molar-refractivity contribution < 1.29 is 14.7 Å². The van der Waals surface area contributed by atoms with E-state index in [2.05, 4.69) is 22.0 Å². The van der Waals surface area contributed by atoms with E-state index in [1.807, 2.05) is 12.1 Å². The summed E-state index contributed by atoms with van der Waals surface area (Å²) in [5.41, 5.74) is 0.732. The normalized spacial score (nSPS) is 23.5. The Morgan fingerprint density at radius 1 is 1.22 bits per heavy atom. The maximum atomic E-state index is 12.7. The van der Waals surface area contributed by atoms with Crippen LogP contribution in [-0.2, 0) is 4.79 Å². The number of aliphatic carboxylic acids is 1. The number of likely N-dealkylation sites (N-methyl/N-ethyl adjacent to an activating group) is 1. The molecule has 0 radical (unpaired) electrons. The zero-order valence-corrected chi connectivity index (χ0v) is 16.6. The Morgan fingerprint density at radius 3 is 2.52 bits per heavy atom. The van der Waals surface area contributed by atoms with E-state index in [0.29, 0.717) is 23.7 Å². The largest absolute Gasteiger partial charge is 0.481 e. The number of carboxylic acid groups (broad SMARTS) is 1. The number of carbonyl (C=O) groups excluding carboxylic acids is 1. The van der Waals surface area contributed by atoms with Crippen LogP contribution in [0.4, 0.5) is 16.2 Å². The van der Waals surface area contributed by atoms with E-state index in [1.54, 1.807) is 17.9 Å². The molecule has 148 valence electrons. The molecular weight excluding hydrogens is 368 g/mol. The summed E-state index contributed by atoms with van der Waals surface area (Å²) in [6.45, 7) is 9.25. The molecule has 0 aliphatic carbocycles. The number of hydrogen-bond acceptors (Lipinski definition) is 4. The number of amides is 2. The van der Waals surface area contributed by atoms with Gasteiger partial charge in [0.05, 0.1) is 16.8 Å². The molecule has 1 atom stereocenters. The smallest absolute Gasteiger partial charge is 0.321 e. The highest BCUT2D eigenvalue weighted by Crippen LogP contribution is 2.33. The van der Waals surface area contributed by atoms with Crippen molar-refractivity contribution in [1.29, 1.82) is 0 Å². The lowest BCUT2D eigenvalue weighted by Crippen LogP contribution is -2.46. The zero-order chi connectivity index (χ0) is 19.6. The third kappa shape index (κ3) is 4.30. The standard InChI is InChI=1S/C19H27ClN4O3/c1-3-22-8-10-23(11-9-22)16-5-4-14(20)12-15(16)21-18(27)24-7-6-19(2,13-24)17(25)26/h4-5,12H,3,6-11,13H2,1-2H3,(H,21,27)(H,25,26). The Kier molecular flexibility index (Phi) is 5.81. The lowest BCUT2D eigenvalue weighted by atomic mass is 9.90. The first-order chi connectivity index (χ1) is 12.8. The first-order valence-electron chi connectivity index (χ1n) is 9.38. The average molecular weight is 395 g/mol. The number of piperazine rings is 1.